The third-order valence-electron chi connectivity index (χ3n) is 3.24. The van der Waals surface area contributed by atoms with Crippen LogP contribution in [0.15, 0.2) is 24.3 Å². The number of aromatic nitrogens is 2. The maximum Gasteiger partial charge on any atom is 0.121 e. The topological polar surface area (TPSA) is 52.1 Å². The van der Waals surface area contributed by atoms with E-state index in [1.54, 1.807) is 0 Å². The lowest BCUT2D eigenvalue weighted by Gasteiger charge is -2.18. The molecule has 1 aromatic heterocycles. The van der Waals surface area contributed by atoms with Gasteiger partial charge in [0.15, 0.2) is 0 Å². The molecule has 17 heavy (non-hydrogen) atoms. The van der Waals surface area contributed by atoms with Gasteiger partial charge < -0.3 is 10.1 Å². The fourth-order valence-corrected chi connectivity index (χ4v) is 2.23. The second-order valence-corrected chi connectivity index (χ2v) is 4.63. The monoisotopic (exact) mass is 231 g/mol. The molecular weight excluding hydrogens is 214 g/mol. The van der Waals surface area contributed by atoms with Crippen LogP contribution in [0.1, 0.15) is 18.7 Å². The van der Waals surface area contributed by atoms with Gasteiger partial charge in [-0.25, -0.2) is 4.98 Å². The number of nitrogens with zero attached hydrogens (tertiary/aromatic N) is 2. The summed E-state index contributed by atoms with van der Waals surface area (Å²) >= 11 is 0. The van der Waals surface area contributed by atoms with Crippen LogP contribution in [-0.2, 0) is 6.54 Å². The van der Waals surface area contributed by atoms with Crippen LogP contribution in [0.25, 0.3) is 11.0 Å². The third kappa shape index (κ3) is 2.33. The minimum Gasteiger partial charge on any atom is -0.395 e. The number of hydrogen-bond acceptors (Lipinski definition) is 3. The number of hydrogen-bond donors (Lipinski definition) is 2. The first-order valence-electron chi connectivity index (χ1n) is 6.15. The SMILES string of the molecule is OCCN(Cc1nc2ccccc2[nH]1)C1CC1. The predicted octanol–water partition coefficient (Wildman–Crippen LogP) is 1.52. The van der Waals surface area contributed by atoms with E-state index in [1.165, 1.54) is 12.8 Å². The summed E-state index contributed by atoms with van der Waals surface area (Å²) in [6.45, 7) is 1.76. The van der Waals surface area contributed by atoms with Crippen LogP contribution >= 0.6 is 0 Å². The summed E-state index contributed by atoms with van der Waals surface area (Å²) in [5.41, 5.74) is 2.10. The Bertz CT molecular complexity index is 471. The Morgan fingerprint density at radius 2 is 2.18 bits per heavy atom. The average Bonchev–Trinajstić information content (AvgIpc) is 3.09. The molecule has 1 aliphatic carbocycles. The molecule has 0 spiro atoms. The Hall–Kier alpha value is -1.39. The van der Waals surface area contributed by atoms with Gasteiger partial charge in [-0.05, 0) is 25.0 Å². The van der Waals surface area contributed by atoms with Gasteiger partial charge in [-0.15, -0.1) is 0 Å². The summed E-state index contributed by atoms with van der Waals surface area (Å²) in [4.78, 5) is 10.2. The minimum atomic E-state index is 0.219. The maximum atomic E-state index is 9.06. The van der Waals surface area contributed by atoms with E-state index in [4.69, 9.17) is 5.11 Å². The van der Waals surface area contributed by atoms with Crippen molar-refractivity contribution in [1.29, 1.82) is 0 Å². The highest BCUT2D eigenvalue weighted by molar-refractivity contribution is 5.74. The molecule has 0 atom stereocenters. The molecule has 1 aromatic carbocycles. The third-order valence-corrected chi connectivity index (χ3v) is 3.24. The van der Waals surface area contributed by atoms with E-state index in [1.807, 2.05) is 24.3 Å². The van der Waals surface area contributed by atoms with E-state index in [0.29, 0.717) is 6.04 Å². The fraction of sp³-hybridized carbons (Fsp3) is 0.462. The van der Waals surface area contributed by atoms with Crippen molar-refractivity contribution >= 4 is 11.0 Å². The Morgan fingerprint density at radius 1 is 1.35 bits per heavy atom. The number of rotatable bonds is 5. The Balaban J connectivity index is 1.78. The zero-order valence-corrected chi connectivity index (χ0v) is 9.76. The molecule has 1 fully saturated rings. The van der Waals surface area contributed by atoms with Crippen molar-refractivity contribution in [3.63, 3.8) is 0 Å². The number of benzene rings is 1. The van der Waals surface area contributed by atoms with Crippen molar-refractivity contribution in [2.45, 2.75) is 25.4 Å². The summed E-state index contributed by atoms with van der Waals surface area (Å²) in [7, 11) is 0. The molecule has 0 unspecified atom stereocenters. The van der Waals surface area contributed by atoms with E-state index in [0.717, 1.165) is 29.9 Å². The van der Waals surface area contributed by atoms with Crippen LogP contribution in [-0.4, -0.2) is 39.2 Å². The molecule has 0 amide bonds. The minimum absolute atomic E-state index is 0.219. The molecule has 0 radical (unpaired) electrons. The summed E-state index contributed by atoms with van der Waals surface area (Å²) in [6, 6.07) is 8.72. The van der Waals surface area contributed by atoms with Gasteiger partial charge in [-0.1, -0.05) is 12.1 Å². The Labute approximate surface area is 100 Å². The molecule has 3 rings (SSSR count). The Kier molecular flexibility index (Phi) is 2.82. The molecule has 4 nitrogen and oxygen atoms in total. The first-order valence-corrected chi connectivity index (χ1v) is 6.15. The molecule has 0 saturated heterocycles. The molecule has 2 N–H and O–H groups in total. The molecule has 2 aromatic rings. The largest absolute Gasteiger partial charge is 0.395 e. The van der Waals surface area contributed by atoms with Gasteiger partial charge in [0, 0.05) is 12.6 Å². The lowest BCUT2D eigenvalue weighted by Crippen LogP contribution is -2.29. The number of fused-ring (bicyclic) bond motifs is 1. The van der Waals surface area contributed by atoms with Gasteiger partial charge in [0.05, 0.1) is 24.2 Å². The van der Waals surface area contributed by atoms with Crippen molar-refractivity contribution in [3.8, 4) is 0 Å². The number of H-pyrrole nitrogens is 1. The van der Waals surface area contributed by atoms with Gasteiger partial charge in [-0.2, -0.15) is 0 Å². The second-order valence-electron chi connectivity index (χ2n) is 4.63. The van der Waals surface area contributed by atoms with Crippen molar-refractivity contribution in [2.24, 2.45) is 0 Å². The van der Waals surface area contributed by atoms with Crippen molar-refractivity contribution in [1.82, 2.24) is 14.9 Å². The number of aliphatic hydroxyl groups is 1. The molecule has 1 saturated carbocycles. The van der Waals surface area contributed by atoms with E-state index in [2.05, 4.69) is 14.9 Å². The first-order chi connectivity index (χ1) is 8.36. The lowest BCUT2D eigenvalue weighted by molar-refractivity contribution is 0.181. The van der Waals surface area contributed by atoms with Crippen LogP contribution in [0.2, 0.25) is 0 Å². The quantitative estimate of drug-likeness (QED) is 0.820. The Morgan fingerprint density at radius 3 is 2.88 bits per heavy atom. The van der Waals surface area contributed by atoms with E-state index in [9.17, 15) is 0 Å². The lowest BCUT2D eigenvalue weighted by atomic mass is 10.3. The molecular formula is C13H17N3O. The zero-order chi connectivity index (χ0) is 11.7. The summed E-state index contributed by atoms with van der Waals surface area (Å²) in [6.07, 6.45) is 2.50. The van der Waals surface area contributed by atoms with Crippen LogP contribution in [0, 0.1) is 0 Å². The normalized spacial score (nSPS) is 15.9. The van der Waals surface area contributed by atoms with E-state index < -0.39 is 0 Å². The highest BCUT2D eigenvalue weighted by Crippen LogP contribution is 2.27. The highest BCUT2D eigenvalue weighted by atomic mass is 16.3. The maximum absolute atomic E-state index is 9.06. The van der Waals surface area contributed by atoms with E-state index >= 15 is 0 Å². The van der Waals surface area contributed by atoms with Crippen LogP contribution < -0.4 is 0 Å². The van der Waals surface area contributed by atoms with Gasteiger partial charge >= 0.3 is 0 Å². The van der Waals surface area contributed by atoms with Crippen LogP contribution in [0.4, 0.5) is 0 Å². The van der Waals surface area contributed by atoms with Crippen LogP contribution in [0.3, 0.4) is 0 Å². The zero-order valence-electron chi connectivity index (χ0n) is 9.76. The van der Waals surface area contributed by atoms with Gasteiger partial charge in [0.25, 0.3) is 0 Å². The molecule has 0 bridgehead atoms. The fourth-order valence-electron chi connectivity index (χ4n) is 2.23. The second kappa shape index (κ2) is 4.47. The van der Waals surface area contributed by atoms with Crippen molar-refractivity contribution in [2.75, 3.05) is 13.2 Å². The standard InChI is InChI=1S/C13H17N3O/c17-8-7-16(10-5-6-10)9-13-14-11-3-1-2-4-12(11)15-13/h1-4,10,17H,5-9H2,(H,14,15). The smallest absolute Gasteiger partial charge is 0.121 e. The average molecular weight is 231 g/mol. The molecule has 4 heteroatoms. The summed E-state index contributed by atoms with van der Waals surface area (Å²) < 4.78 is 0. The molecule has 90 valence electrons. The van der Waals surface area contributed by atoms with Gasteiger partial charge in [0.2, 0.25) is 0 Å². The summed E-state index contributed by atoms with van der Waals surface area (Å²) in [5.74, 6) is 0.992. The molecule has 1 aliphatic rings. The summed E-state index contributed by atoms with van der Waals surface area (Å²) in [5, 5.41) is 9.06. The number of nitrogens with one attached hydrogen (secondary N) is 1. The molecule has 1 heterocycles. The van der Waals surface area contributed by atoms with Crippen molar-refractivity contribution < 1.29 is 5.11 Å². The van der Waals surface area contributed by atoms with Gasteiger partial charge in [-0.3, -0.25) is 4.90 Å². The van der Waals surface area contributed by atoms with Gasteiger partial charge in [0.1, 0.15) is 5.82 Å². The predicted molar refractivity (Wildman–Crippen MR) is 66.6 cm³/mol. The number of para-hydroxylation sites is 2. The first kappa shape index (κ1) is 10.7. The van der Waals surface area contributed by atoms with Crippen LogP contribution in [0.5, 0.6) is 0 Å². The van der Waals surface area contributed by atoms with Crippen molar-refractivity contribution in [3.05, 3.63) is 30.1 Å². The number of imidazole rings is 1. The number of aliphatic hydroxyl groups excluding tert-OH is 1. The highest BCUT2D eigenvalue weighted by Gasteiger charge is 2.28. The van der Waals surface area contributed by atoms with E-state index in [-0.39, 0.29) is 6.61 Å². The number of aromatic amines is 1. The molecule has 0 aliphatic heterocycles.